The van der Waals surface area contributed by atoms with Crippen LogP contribution in [0.3, 0.4) is 0 Å². The Morgan fingerprint density at radius 2 is 2.00 bits per heavy atom. The Bertz CT molecular complexity index is 843. The number of nitrogens with one attached hydrogen (secondary N) is 2. The molecule has 27 heavy (non-hydrogen) atoms. The van der Waals surface area contributed by atoms with E-state index in [4.69, 9.17) is 10.00 Å². The van der Waals surface area contributed by atoms with Crippen molar-refractivity contribution < 1.29 is 22.3 Å². The number of carbonyl (C=O) groups excluding carboxylic acids is 1. The number of hydrogen-bond acceptors (Lipinski definition) is 5. The van der Waals surface area contributed by atoms with Gasteiger partial charge < -0.3 is 15.4 Å². The number of rotatable bonds is 5. The van der Waals surface area contributed by atoms with E-state index in [1.807, 2.05) is 6.07 Å². The topological polar surface area (TPSA) is 112 Å². The minimum Gasteiger partial charge on any atom is -0.373 e. The van der Waals surface area contributed by atoms with Crippen molar-refractivity contribution in [3.8, 4) is 6.07 Å². The molecule has 1 aliphatic rings. The Morgan fingerprint density at radius 3 is 2.59 bits per heavy atom. The van der Waals surface area contributed by atoms with Crippen LogP contribution in [-0.4, -0.2) is 56.3 Å². The number of amides is 2. The van der Waals surface area contributed by atoms with E-state index in [0.29, 0.717) is 0 Å². The number of nitriles is 1. The average molecular weight is 398 g/mol. The molecule has 1 fully saturated rings. The first kappa shape index (κ1) is 21.1. The maximum absolute atomic E-state index is 13.7. The summed E-state index contributed by atoms with van der Waals surface area (Å²) in [4.78, 5) is 12.0. The van der Waals surface area contributed by atoms with Crippen LogP contribution in [0.4, 0.5) is 14.9 Å². The molecule has 1 aromatic rings. The first-order valence-corrected chi connectivity index (χ1v) is 10.1. The van der Waals surface area contributed by atoms with E-state index in [2.05, 4.69) is 10.6 Å². The van der Waals surface area contributed by atoms with E-state index in [9.17, 15) is 17.6 Å². The maximum Gasteiger partial charge on any atom is 0.319 e. The number of morpholine rings is 1. The lowest BCUT2D eigenvalue weighted by Gasteiger charge is -2.34. The Kier molecular flexibility index (Phi) is 6.75. The molecule has 0 saturated carbocycles. The summed E-state index contributed by atoms with van der Waals surface area (Å²) in [7, 11) is -3.54. The molecule has 0 radical (unpaired) electrons. The molecule has 8 nitrogen and oxygen atoms in total. The summed E-state index contributed by atoms with van der Waals surface area (Å²) in [5.74, 6) is -0.867. The summed E-state index contributed by atoms with van der Waals surface area (Å²) in [6, 6.07) is 3.56. The van der Waals surface area contributed by atoms with E-state index in [-0.39, 0.29) is 54.4 Å². The van der Waals surface area contributed by atoms with Crippen molar-refractivity contribution in [1.29, 1.82) is 5.26 Å². The molecule has 1 saturated heterocycles. The number of anilines is 1. The van der Waals surface area contributed by atoms with Crippen molar-refractivity contribution in [3.05, 3.63) is 29.1 Å². The molecule has 2 amide bonds. The molecule has 0 aliphatic carbocycles. The van der Waals surface area contributed by atoms with Crippen LogP contribution in [-0.2, 0) is 14.8 Å². The van der Waals surface area contributed by atoms with Crippen LogP contribution in [0, 0.1) is 24.1 Å². The van der Waals surface area contributed by atoms with Gasteiger partial charge in [-0.05, 0) is 32.9 Å². The van der Waals surface area contributed by atoms with Crippen LogP contribution < -0.4 is 10.6 Å². The van der Waals surface area contributed by atoms with Gasteiger partial charge in [-0.15, -0.1) is 0 Å². The van der Waals surface area contributed by atoms with Gasteiger partial charge in [-0.2, -0.15) is 9.57 Å². The van der Waals surface area contributed by atoms with Crippen molar-refractivity contribution >= 4 is 21.7 Å². The molecule has 2 rings (SSSR count). The van der Waals surface area contributed by atoms with Crippen LogP contribution in [0.5, 0.6) is 0 Å². The fourth-order valence-corrected chi connectivity index (χ4v) is 4.31. The minimum absolute atomic E-state index is 0.0755. The van der Waals surface area contributed by atoms with Crippen molar-refractivity contribution in [1.82, 2.24) is 9.62 Å². The molecule has 1 heterocycles. The molecule has 10 heteroatoms. The third-order valence-electron chi connectivity index (χ3n) is 4.15. The molecular formula is C17H23FN4O4S. The summed E-state index contributed by atoms with van der Waals surface area (Å²) in [5.41, 5.74) is 0.419. The zero-order valence-corrected chi connectivity index (χ0v) is 16.3. The molecule has 0 aromatic heterocycles. The molecule has 0 spiro atoms. The minimum atomic E-state index is -3.54. The van der Waals surface area contributed by atoms with Gasteiger partial charge in [0, 0.05) is 30.9 Å². The third kappa shape index (κ3) is 5.63. The number of hydrogen-bond donors (Lipinski definition) is 2. The first-order valence-electron chi connectivity index (χ1n) is 8.50. The van der Waals surface area contributed by atoms with Gasteiger partial charge in [-0.25, -0.2) is 17.6 Å². The smallest absolute Gasteiger partial charge is 0.319 e. The van der Waals surface area contributed by atoms with Crippen LogP contribution in [0.1, 0.15) is 25.0 Å². The SMILES string of the molecule is Cc1c(F)cc(C#N)cc1NC(=O)NCCS(=O)(=O)N1C[C@@H](C)O[C@H](C)C1. The summed E-state index contributed by atoms with van der Waals surface area (Å²) in [6.07, 6.45) is -0.380. The zero-order chi connectivity index (χ0) is 20.2. The predicted octanol–water partition coefficient (Wildman–Crippen LogP) is 1.57. The zero-order valence-electron chi connectivity index (χ0n) is 15.5. The van der Waals surface area contributed by atoms with Gasteiger partial charge in [0.1, 0.15) is 5.82 Å². The van der Waals surface area contributed by atoms with Crippen molar-refractivity contribution in [2.24, 2.45) is 0 Å². The normalized spacial score (nSPS) is 20.7. The van der Waals surface area contributed by atoms with E-state index >= 15 is 0 Å². The van der Waals surface area contributed by atoms with Crippen molar-refractivity contribution in [2.75, 3.05) is 30.7 Å². The lowest BCUT2D eigenvalue weighted by molar-refractivity contribution is -0.0440. The summed E-state index contributed by atoms with van der Waals surface area (Å²) in [5, 5.41) is 13.8. The highest BCUT2D eigenvalue weighted by Crippen LogP contribution is 2.20. The quantitative estimate of drug-likeness (QED) is 0.782. The second-order valence-electron chi connectivity index (χ2n) is 6.51. The number of carbonyl (C=O) groups is 1. The third-order valence-corrected chi connectivity index (χ3v) is 5.95. The molecule has 2 N–H and O–H groups in total. The van der Waals surface area contributed by atoms with Crippen LogP contribution in [0.2, 0.25) is 0 Å². The van der Waals surface area contributed by atoms with E-state index in [1.54, 1.807) is 13.8 Å². The second kappa shape index (κ2) is 8.65. The molecule has 0 bridgehead atoms. The van der Waals surface area contributed by atoms with Crippen molar-refractivity contribution in [2.45, 2.75) is 33.0 Å². The first-order chi connectivity index (χ1) is 12.6. The lowest BCUT2D eigenvalue weighted by atomic mass is 10.1. The highest BCUT2D eigenvalue weighted by molar-refractivity contribution is 7.89. The monoisotopic (exact) mass is 398 g/mol. The molecular weight excluding hydrogens is 375 g/mol. The van der Waals surface area contributed by atoms with Crippen LogP contribution >= 0.6 is 0 Å². The lowest BCUT2D eigenvalue weighted by Crippen LogP contribution is -2.49. The van der Waals surface area contributed by atoms with E-state index in [0.717, 1.165) is 6.07 Å². The van der Waals surface area contributed by atoms with E-state index < -0.39 is 21.9 Å². The summed E-state index contributed by atoms with van der Waals surface area (Å²) < 4.78 is 45.4. The van der Waals surface area contributed by atoms with Gasteiger partial charge >= 0.3 is 6.03 Å². The largest absolute Gasteiger partial charge is 0.373 e. The van der Waals surface area contributed by atoms with Gasteiger partial charge in [0.2, 0.25) is 10.0 Å². The Morgan fingerprint density at radius 1 is 1.37 bits per heavy atom. The van der Waals surface area contributed by atoms with E-state index in [1.165, 1.54) is 17.3 Å². The molecule has 148 valence electrons. The molecule has 2 atom stereocenters. The summed E-state index contributed by atoms with van der Waals surface area (Å²) in [6.45, 7) is 5.53. The number of sulfonamides is 1. The number of nitrogens with zero attached hydrogens (tertiary/aromatic N) is 2. The fourth-order valence-electron chi connectivity index (χ4n) is 2.82. The number of halogens is 1. The Hall–Kier alpha value is -2.22. The Balaban J connectivity index is 1.91. The maximum atomic E-state index is 13.7. The van der Waals surface area contributed by atoms with Gasteiger partial charge in [-0.3, -0.25) is 0 Å². The Labute approximate surface area is 158 Å². The average Bonchev–Trinajstić information content (AvgIpc) is 2.57. The number of urea groups is 1. The van der Waals surface area contributed by atoms with Gasteiger partial charge in [-0.1, -0.05) is 0 Å². The predicted molar refractivity (Wildman–Crippen MR) is 98.2 cm³/mol. The van der Waals surface area contributed by atoms with Crippen LogP contribution in [0.15, 0.2) is 12.1 Å². The highest BCUT2D eigenvalue weighted by Gasteiger charge is 2.30. The van der Waals surface area contributed by atoms with Gasteiger partial charge in [0.05, 0.1) is 29.6 Å². The molecule has 1 aromatic carbocycles. The number of ether oxygens (including phenoxy) is 1. The molecule has 1 aliphatic heterocycles. The summed E-state index contributed by atoms with van der Waals surface area (Å²) >= 11 is 0. The highest BCUT2D eigenvalue weighted by atomic mass is 32.2. The van der Waals surface area contributed by atoms with Crippen molar-refractivity contribution in [3.63, 3.8) is 0 Å². The van der Waals surface area contributed by atoms with Crippen LogP contribution in [0.25, 0.3) is 0 Å². The van der Waals surface area contributed by atoms with Gasteiger partial charge in [0.15, 0.2) is 0 Å². The second-order valence-corrected chi connectivity index (χ2v) is 8.60. The fraction of sp³-hybridized carbons (Fsp3) is 0.529. The van der Waals surface area contributed by atoms with Gasteiger partial charge in [0.25, 0.3) is 0 Å². The standard InChI is InChI=1S/C17H23FN4O4S/c1-11-9-22(10-12(2)26-11)27(24,25)5-4-20-17(23)21-16-7-14(8-19)6-15(18)13(16)3/h6-7,11-12H,4-5,9-10H2,1-3H3,(H2,20,21,23)/t11-,12-/m1/s1. The molecule has 0 unspecified atom stereocenters. The number of benzene rings is 1.